The van der Waals surface area contributed by atoms with Crippen LogP contribution in [0.2, 0.25) is 5.02 Å². The van der Waals surface area contributed by atoms with E-state index in [4.69, 9.17) is 16.3 Å². The summed E-state index contributed by atoms with van der Waals surface area (Å²) in [7, 11) is 0. The zero-order valence-corrected chi connectivity index (χ0v) is 13.3. The lowest BCUT2D eigenvalue weighted by Gasteiger charge is -2.14. The molecule has 0 fully saturated rings. The van der Waals surface area contributed by atoms with Crippen molar-refractivity contribution >= 4 is 23.4 Å². The van der Waals surface area contributed by atoms with Crippen molar-refractivity contribution in [1.82, 2.24) is 10.6 Å². The van der Waals surface area contributed by atoms with E-state index in [1.54, 1.807) is 25.1 Å². The molecule has 0 heterocycles. The molecule has 1 atom stereocenters. The van der Waals surface area contributed by atoms with Gasteiger partial charge in [0.2, 0.25) is 5.91 Å². The van der Waals surface area contributed by atoms with E-state index >= 15 is 0 Å². The molecule has 6 heteroatoms. The molecule has 5 nitrogen and oxygen atoms in total. The van der Waals surface area contributed by atoms with Crippen molar-refractivity contribution in [2.24, 2.45) is 0 Å². The minimum atomic E-state index is -0.584. The summed E-state index contributed by atoms with van der Waals surface area (Å²) >= 11 is 5.91. The second-order valence-electron chi connectivity index (χ2n) is 4.78. The van der Waals surface area contributed by atoms with Crippen LogP contribution in [0.5, 0.6) is 5.75 Å². The number of hydrogen-bond donors (Lipinski definition) is 2. The number of rotatable bonds is 7. The van der Waals surface area contributed by atoms with Crippen molar-refractivity contribution in [3.05, 3.63) is 28.8 Å². The van der Waals surface area contributed by atoms with Gasteiger partial charge in [0.25, 0.3) is 5.91 Å². The van der Waals surface area contributed by atoms with Crippen LogP contribution >= 0.6 is 11.6 Å². The molecule has 116 valence electrons. The number of carbonyl (C=O) groups excluding carboxylic acids is 2. The van der Waals surface area contributed by atoms with E-state index in [1.165, 1.54) is 0 Å². The lowest BCUT2D eigenvalue weighted by Crippen LogP contribution is -2.46. The fourth-order valence-corrected chi connectivity index (χ4v) is 1.72. The van der Waals surface area contributed by atoms with E-state index in [9.17, 15) is 9.59 Å². The topological polar surface area (TPSA) is 67.4 Å². The highest BCUT2D eigenvalue weighted by Crippen LogP contribution is 2.20. The number of nitrogens with one attached hydrogen (secondary N) is 2. The van der Waals surface area contributed by atoms with Crippen LogP contribution in [-0.2, 0) is 9.59 Å². The first-order valence-corrected chi connectivity index (χ1v) is 7.27. The Labute approximate surface area is 130 Å². The maximum absolute atomic E-state index is 11.7. The summed E-state index contributed by atoms with van der Waals surface area (Å²) in [6.07, 6.45) is 0.853. The molecule has 0 bridgehead atoms. The first kappa shape index (κ1) is 17.3. The van der Waals surface area contributed by atoms with Crippen molar-refractivity contribution in [3.8, 4) is 5.75 Å². The molecular weight excluding hydrogens is 292 g/mol. The van der Waals surface area contributed by atoms with Gasteiger partial charge in [0.05, 0.1) is 0 Å². The molecule has 1 aromatic carbocycles. The number of carbonyl (C=O) groups is 2. The van der Waals surface area contributed by atoms with Crippen molar-refractivity contribution in [2.45, 2.75) is 33.2 Å². The van der Waals surface area contributed by atoms with Crippen LogP contribution in [0, 0.1) is 6.92 Å². The van der Waals surface area contributed by atoms with Crippen LogP contribution in [0.25, 0.3) is 0 Å². The number of ether oxygens (including phenoxy) is 1. The standard InChI is InChI=1S/C15H21ClN2O3/c1-4-7-17-15(20)11(3)18-14(19)9-21-12-5-6-13(16)10(2)8-12/h5-6,8,11H,4,7,9H2,1-3H3,(H,17,20)(H,18,19)/t11-/m1/s1. The number of hydrogen-bond acceptors (Lipinski definition) is 3. The summed E-state index contributed by atoms with van der Waals surface area (Å²) < 4.78 is 5.36. The Hall–Kier alpha value is -1.75. The molecule has 0 aromatic heterocycles. The number of halogens is 1. The van der Waals surface area contributed by atoms with Crippen LogP contribution < -0.4 is 15.4 Å². The fourth-order valence-electron chi connectivity index (χ4n) is 1.61. The lowest BCUT2D eigenvalue weighted by atomic mass is 10.2. The van der Waals surface area contributed by atoms with Crippen molar-refractivity contribution in [3.63, 3.8) is 0 Å². The average Bonchev–Trinajstić information content (AvgIpc) is 2.45. The smallest absolute Gasteiger partial charge is 0.258 e. The molecule has 1 rings (SSSR count). The Morgan fingerprint density at radius 3 is 2.71 bits per heavy atom. The van der Waals surface area contributed by atoms with Crippen LogP contribution in [-0.4, -0.2) is 31.0 Å². The van der Waals surface area contributed by atoms with Crippen molar-refractivity contribution in [1.29, 1.82) is 0 Å². The number of amides is 2. The van der Waals surface area contributed by atoms with E-state index in [0.29, 0.717) is 17.3 Å². The van der Waals surface area contributed by atoms with Crippen LogP contribution in [0.3, 0.4) is 0 Å². The number of benzene rings is 1. The molecular formula is C15H21ClN2O3. The van der Waals surface area contributed by atoms with Gasteiger partial charge in [-0.2, -0.15) is 0 Å². The lowest BCUT2D eigenvalue weighted by molar-refractivity contribution is -0.129. The minimum absolute atomic E-state index is 0.146. The SMILES string of the molecule is CCCNC(=O)[C@@H](C)NC(=O)COc1ccc(Cl)c(C)c1. The normalized spacial score (nSPS) is 11.6. The summed E-state index contributed by atoms with van der Waals surface area (Å²) in [4.78, 5) is 23.3. The molecule has 0 radical (unpaired) electrons. The Bertz CT molecular complexity index is 506. The monoisotopic (exact) mass is 312 g/mol. The van der Waals surface area contributed by atoms with Gasteiger partial charge in [0, 0.05) is 11.6 Å². The third-order valence-electron chi connectivity index (χ3n) is 2.82. The number of aryl methyl sites for hydroxylation is 1. The molecule has 2 N–H and O–H groups in total. The van der Waals surface area contributed by atoms with Crippen LogP contribution in [0.1, 0.15) is 25.8 Å². The van der Waals surface area contributed by atoms with Gasteiger partial charge in [-0.25, -0.2) is 0 Å². The Morgan fingerprint density at radius 1 is 1.38 bits per heavy atom. The van der Waals surface area contributed by atoms with E-state index in [1.807, 2.05) is 13.8 Å². The molecule has 0 saturated heterocycles. The van der Waals surface area contributed by atoms with Gasteiger partial charge < -0.3 is 15.4 Å². The highest BCUT2D eigenvalue weighted by Gasteiger charge is 2.15. The second kappa shape index (κ2) is 8.52. The average molecular weight is 313 g/mol. The molecule has 0 aliphatic heterocycles. The van der Waals surface area contributed by atoms with Crippen molar-refractivity contribution < 1.29 is 14.3 Å². The van der Waals surface area contributed by atoms with Crippen LogP contribution in [0.4, 0.5) is 0 Å². The van der Waals surface area contributed by atoms with E-state index in [0.717, 1.165) is 12.0 Å². The first-order chi connectivity index (χ1) is 9.93. The minimum Gasteiger partial charge on any atom is -0.484 e. The molecule has 1 aromatic rings. The molecule has 0 saturated carbocycles. The highest BCUT2D eigenvalue weighted by atomic mass is 35.5. The third-order valence-corrected chi connectivity index (χ3v) is 3.24. The Balaban J connectivity index is 2.39. The third kappa shape index (κ3) is 6.04. The Morgan fingerprint density at radius 2 is 2.10 bits per heavy atom. The Kier molecular flexibility index (Phi) is 7.02. The molecule has 0 unspecified atom stereocenters. The predicted molar refractivity (Wildman–Crippen MR) is 82.6 cm³/mol. The summed E-state index contributed by atoms with van der Waals surface area (Å²) in [5, 5.41) is 5.94. The van der Waals surface area contributed by atoms with Gasteiger partial charge in [0.15, 0.2) is 6.61 Å². The fraction of sp³-hybridized carbons (Fsp3) is 0.467. The van der Waals surface area contributed by atoms with Gasteiger partial charge in [0.1, 0.15) is 11.8 Å². The van der Waals surface area contributed by atoms with E-state index < -0.39 is 6.04 Å². The van der Waals surface area contributed by atoms with E-state index in [-0.39, 0.29) is 18.4 Å². The van der Waals surface area contributed by atoms with Gasteiger partial charge >= 0.3 is 0 Å². The first-order valence-electron chi connectivity index (χ1n) is 6.90. The quantitative estimate of drug-likeness (QED) is 0.810. The maximum Gasteiger partial charge on any atom is 0.258 e. The molecule has 21 heavy (non-hydrogen) atoms. The van der Waals surface area contributed by atoms with Crippen LogP contribution in [0.15, 0.2) is 18.2 Å². The molecule has 0 aliphatic rings. The molecule has 0 spiro atoms. The largest absolute Gasteiger partial charge is 0.484 e. The summed E-state index contributed by atoms with van der Waals surface area (Å²) in [6, 6.07) is 4.58. The summed E-state index contributed by atoms with van der Waals surface area (Å²) in [5.41, 5.74) is 0.877. The van der Waals surface area contributed by atoms with Gasteiger partial charge in [-0.15, -0.1) is 0 Å². The highest BCUT2D eigenvalue weighted by molar-refractivity contribution is 6.31. The van der Waals surface area contributed by atoms with Gasteiger partial charge in [-0.05, 0) is 44.0 Å². The molecule has 2 amide bonds. The second-order valence-corrected chi connectivity index (χ2v) is 5.19. The molecule has 0 aliphatic carbocycles. The van der Waals surface area contributed by atoms with Gasteiger partial charge in [-0.3, -0.25) is 9.59 Å². The zero-order chi connectivity index (χ0) is 15.8. The zero-order valence-electron chi connectivity index (χ0n) is 12.5. The summed E-state index contributed by atoms with van der Waals surface area (Å²) in [5.74, 6) is 0.0180. The summed E-state index contributed by atoms with van der Waals surface area (Å²) in [6.45, 7) is 5.91. The predicted octanol–water partition coefficient (Wildman–Crippen LogP) is 2.06. The maximum atomic E-state index is 11.7. The van der Waals surface area contributed by atoms with E-state index in [2.05, 4.69) is 10.6 Å². The van der Waals surface area contributed by atoms with Gasteiger partial charge in [-0.1, -0.05) is 18.5 Å². The van der Waals surface area contributed by atoms with Crippen molar-refractivity contribution in [2.75, 3.05) is 13.2 Å².